The van der Waals surface area contributed by atoms with Crippen molar-refractivity contribution >= 4 is 27.3 Å². The number of sulfone groups is 1. The fraction of sp³-hybridized carbons (Fsp3) is 0.500. The van der Waals surface area contributed by atoms with Gasteiger partial charge in [-0.05, 0) is 50.5 Å². The van der Waals surface area contributed by atoms with E-state index in [2.05, 4.69) is 0 Å². The van der Waals surface area contributed by atoms with Gasteiger partial charge in [-0.15, -0.1) is 0 Å². The molecule has 1 unspecified atom stereocenters. The average molecular weight is 316 g/mol. The Kier molecular flexibility index (Phi) is 4.70. The van der Waals surface area contributed by atoms with Crippen molar-refractivity contribution in [3.63, 3.8) is 0 Å². The van der Waals surface area contributed by atoms with Crippen LogP contribution in [0.3, 0.4) is 0 Å². The van der Waals surface area contributed by atoms with E-state index in [4.69, 9.17) is 11.6 Å². The van der Waals surface area contributed by atoms with Crippen LogP contribution in [0.1, 0.15) is 26.2 Å². The second-order valence-electron chi connectivity index (χ2n) is 5.14. The molecule has 1 aliphatic heterocycles. The van der Waals surface area contributed by atoms with Crippen LogP contribution in [-0.4, -0.2) is 37.6 Å². The van der Waals surface area contributed by atoms with Crippen LogP contribution in [0, 0.1) is 0 Å². The van der Waals surface area contributed by atoms with E-state index in [-0.39, 0.29) is 16.8 Å². The number of benzene rings is 1. The number of likely N-dealkylation sites (tertiary alicyclic amines) is 1. The van der Waals surface area contributed by atoms with Gasteiger partial charge in [-0.2, -0.15) is 0 Å². The van der Waals surface area contributed by atoms with Gasteiger partial charge in [0, 0.05) is 17.6 Å². The Bertz CT molecular complexity index is 583. The molecule has 0 aliphatic carbocycles. The minimum absolute atomic E-state index is 0.122. The zero-order valence-electron chi connectivity index (χ0n) is 11.4. The Labute approximate surface area is 124 Å². The number of hydrogen-bond donors (Lipinski definition) is 0. The number of halogens is 1. The second kappa shape index (κ2) is 6.14. The predicted octanol–water partition coefficient (Wildman–Crippen LogP) is 2.51. The lowest BCUT2D eigenvalue weighted by atomic mass is 10.0. The SMILES string of the molecule is CC1CCCCN1C(=O)CS(=O)(=O)c1ccc(Cl)cc1. The van der Waals surface area contributed by atoms with Crippen molar-refractivity contribution in [1.29, 1.82) is 0 Å². The zero-order valence-corrected chi connectivity index (χ0v) is 13.0. The van der Waals surface area contributed by atoms with Crippen LogP contribution >= 0.6 is 11.6 Å². The minimum atomic E-state index is -3.60. The lowest BCUT2D eigenvalue weighted by Crippen LogP contribution is -2.44. The monoisotopic (exact) mass is 315 g/mol. The Morgan fingerprint density at radius 1 is 1.30 bits per heavy atom. The molecule has 1 saturated heterocycles. The first-order valence-electron chi connectivity index (χ1n) is 6.68. The standard InChI is InChI=1S/C14H18ClNO3S/c1-11-4-2-3-9-16(11)14(17)10-20(18,19)13-7-5-12(15)6-8-13/h5-8,11H,2-4,9-10H2,1H3. The predicted molar refractivity (Wildman–Crippen MR) is 78.5 cm³/mol. The van der Waals surface area contributed by atoms with Crippen LogP contribution in [0.15, 0.2) is 29.2 Å². The molecule has 1 aromatic carbocycles. The lowest BCUT2D eigenvalue weighted by molar-refractivity contribution is -0.131. The lowest BCUT2D eigenvalue weighted by Gasteiger charge is -2.33. The van der Waals surface area contributed by atoms with Gasteiger partial charge in [-0.25, -0.2) is 8.42 Å². The number of carbonyl (C=O) groups is 1. The first kappa shape index (κ1) is 15.3. The van der Waals surface area contributed by atoms with Crippen molar-refractivity contribution in [2.75, 3.05) is 12.3 Å². The van der Waals surface area contributed by atoms with E-state index in [0.717, 1.165) is 19.3 Å². The summed E-state index contributed by atoms with van der Waals surface area (Å²) in [5, 5.41) is 0.472. The van der Waals surface area contributed by atoms with Crippen LogP contribution in [0.4, 0.5) is 0 Å². The molecule has 1 fully saturated rings. The van der Waals surface area contributed by atoms with Gasteiger partial charge in [0.2, 0.25) is 5.91 Å². The van der Waals surface area contributed by atoms with E-state index in [1.165, 1.54) is 24.3 Å². The number of rotatable bonds is 3. The summed E-state index contributed by atoms with van der Waals surface area (Å²) < 4.78 is 24.4. The Morgan fingerprint density at radius 2 is 1.95 bits per heavy atom. The van der Waals surface area contributed by atoms with Crippen molar-refractivity contribution in [3.8, 4) is 0 Å². The molecule has 0 saturated carbocycles. The van der Waals surface area contributed by atoms with Gasteiger partial charge >= 0.3 is 0 Å². The van der Waals surface area contributed by atoms with Crippen LogP contribution < -0.4 is 0 Å². The van der Waals surface area contributed by atoms with E-state index < -0.39 is 15.6 Å². The molecule has 1 atom stereocenters. The van der Waals surface area contributed by atoms with E-state index >= 15 is 0 Å². The Morgan fingerprint density at radius 3 is 2.55 bits per heavy atom. The van der Waals surface area contributed by atoms with Gasteiger partial charge < -0.3 is 4.90 Å². The highest BCUT2D eigenvalue weighted by atomic mass is 35.5. The van der Waals surface area contributed by atoms with Gasteiger partial charge in [0.25, 0.3) is 0 Å². The van der Waals surface area contributed by atoms with Crippen molar-refractivity contribution in [1.82, 2.24) is 4.90 Å². The highest BCUT2D eigenvalue weighted by molar-refractivity contribution is 7.92. The summed E-state index contributed by atoms with van der Waals surface area (Å²) in [6.45, 7) is 2.61. The highest BCUT2D eigenvalue weighted by Crippen LogP contribution is 2.19. The molecule has 2 rings (SSSR count). The summed E-state index contributed by atoms with van der Waals surface area (Å²) in [7, 11) is -3.60. The summed E-state index contributed by atoms with van der Waals surface area (Å²) in [6.07, 6.45) is 2.97. The summed E-state index contributed by atoms with van der Waals surface area (Å²) in [6, 6.07) is 6.02. The van der Waals surface area contributed by atoms with Crippen molar-refractivity contribution < 1.29 is 13.2 Å². The maximum Gasteiger partial charge on any atom is 0.238 e. The molecule has 1 amide bonds. The minimum Gasteiger partial charge on any atom is -0.339 e. The van der Waals surface area contributed by atoms with Gasteiger partial charge in [0.05, 0.1) is 4.90 Å². The number of amides is 1. The third kappa shape index (κ3) is 3.52. The first-order chi connectivity index (χ1) is 9.40. The topological polar surface area (TPSA) is 54.5 Å². The van der Waals surface area contributed by atoms with E-state index in [0.29, 0.717) is 11.6 Å². The molecule has 20 heavy (non-hydrogen) atoms. The maximum absolute atomic E-state index is 12.2. The summed E-state index contributed by atoms with van der Waals surface area (Å²) >= 11 is 5.74. The summed E-state index contributed by atoms with van der Waals surface area (Å²) in [5.74, 6) is -0.786. The van der Waals surface area contributed by atoms with Crippen LogP contribution in [0.5, 0.6) is 0 Å². The van der Waals surface area contributed by atoms with Crippen LogP contribution in [0.25, 0.3) is 0 Å². The molecule has 0 bridgehead atoms. The quantitative estimate of drug-likeness (QED) is 0.861. The number of hydrogen-bond acceptors (Lipinski definition) is 3. The van der Waals surface area contributed by atoms with E-state index in [1.54, 1.807) is 4.90 Å². The zero-order chi connectivity index (χ0) is 14.8. The Balaban J connectivity index is 2.11. The molecule has 6 heteroatoms. The average Bonchev–Trinajstić information content (AvgIpc) is 2.39. The molecule has 0 spiro atoms. The largest absolute Gasteiger partial charge is 0.339 e. The van der Waals surface area contributed by atoms with Gasteiger partial charge in [-0.3, -0.25) is 4.79 Å². The molecule has 4 nitrogen and oxygen atoms in total. The van der Waals surface area contributed by atoms with Gasteiger partial charge in [0.1, 0.15) is 5.75 Å². The molecule has 0 aromatic heterocycles. The third-order valence-corrected chi connectivity index (χ3v) is 5.48. The van der Waals surface area contributed by atoms with Crippen LogP contribution in [-0.2, 0) is 14.6 Å². The normalized spacial score (nSPS) is 19.9. The first-order valence-corrected chi connectivity index (χ1v) is 8.71. The number of nitrogens with zero attached hydrogens (tertiary/aromatic N) is 1. The second-order valence-corrected chi connectivity index (χ2v) is 7.57. The molecule has 1 heterocycles. The highest BCUT2D eigenvalue weighted by Gasteiger charge is 2.27. The third-order valence-electron chi connectivity index (χ3n) is 3.61. The van der Waals surface area contributed by atoms with E-state index in [9.17, 15) is 13.2 Å². The number of carbonyl (C=O) groups excluding carboxylic acids is 1. The summed E-state index contributed by atoms with van der Waals surface area (Å²) in [4.78, 5) is 14.0. The smallest absolute Gasteiger partial charge is 0.238 e. The molecule has 1 aromatic rings. The molecular formula is C14H18ClNO3S. The summed E-state index contributed by atoms with van der Waals surface area (Å²) in [5.41, 5.74) is 0. The van der Waals surface area contributed by atoms with Crippen molar-refractivity contribution in [2.45, 2.75) is 37.1 Å². The fourth-order valence-corrected chi connectivity index (χ4v) is 3.77. The van der Waals surface area contributed by atoms with Gasteiger partial charge in [0.15, 0.2) is 9.84 Å². The Hall–Kier alpha value is -1.07. The van der Waals surface area contributed by atoms with Gasteiger partial charge in [-0.1, -0.05) is 11.6 Å². The van der Waals surface area contributed by atoms with Crippen molar-refractivity contribution in [3.05, 3.63) is 29.3 Å². The number of piperidine rings is 1. The molecule has 0 N–H and O–H groups in total. The maximum atomic E-state index is 12.2. The van der Waals surface area contributed by atoms with E-state index in [1.807, 2.05) is 6.92 Å². The van der Waals surface area contributed by atoms with Crippen molar-refractivity contribution in [2.24, 2.45) is 0 Å². The van der Waals surface area contributed by atoms with Crippen LogP contribution in [0.2, 0.25) is 5.02 Å². The molecule has 0 radical (unpaired) electrons. The molecular weight excluding hydrogens is 298 g/mol. The molecule has 110 valence electrons. The molecule has 1 aliphatic rings. The fourth-order valence-electron chi connectivity index (χ4n) is 2.44.